The van der Waals surface area contributed by atoms with Crippen molar-refractivity contribution < 1.29 is 23.9 Å². The summed E-state index contributed by atoms with van der Waals surface area (Å²) in [6.07, 6.45) is 0. The van der Waals surface area contributed by atoms with Gasteiger partial charge in [0.1, 0.15) is 0 Å². The molecule has 0 bridgehead atoms. The fourth-order valence-corrected chi connectivity index (χ4v) is 2.86. The summed E-state index contributed by atoms with van der Waals surface area (Å²) < 4.78 is 4.60. The maximum Gasteiger partial charge on any atom is 0.337 e. The minimum atomic E-state index is -0.545. The van der Waals surface area contributed by atoms with Gasteiger partial charge in [-0.2, -0.15) is 0 Å². The van der Waals surface area contributed by atoms with Crippen molar-refractivity contribution >= 4 is 29.4 Å². The predicted molar refractivity (Wildman–Crippen MR) is 118 cm³/mol. The Hall–Kier alpha value is -4.46. The van der Waals surface area contributed by atoms with E-state index in [2.05, 4.69) is 20.9 Å². The maximum absolute atomic E-state index is 12.4. The normalized spacial score (nSPS) is 10.1. The molecule has 3 amide bonds. The van der Waals surface area contributed by atoms with Crippen LogP contribution in [-0.4, -0.2) is 30.8 Å². The van der Waals surface area contributed by atoms with Crippen LogP contribution in [0.25, 0.3) is 0 Å². The lowest BCUT2D eigenvalue weighted by atomic mass is 10.1. The maximum atomic E-state index is 12.4. The van der Waals surface area contributed by atoms with Crippen LogP contribution in [0.1, 0.15) is 47.0 Å². The standard InChI is InChI=1S/C24H21N3O5/c1-15-5-3-4-6-20(15)23(30)25-19-13-11-17(12-14-19)22(29)27-26-21(28)16-7-9-18(10-8-16)24(31)32-2/h3-14H,1-2H3,(H,25,30)(H,26,28)(H,27,29). The molecule has 0 aliphatic rings. The molecule has 32 heavy (non-hydrogen) atoms. The Bertz CT molecular complexity index is 1160. The minimum absolute atomic E-state index is 0.245. The molecule has 0 aliphatic carbocycles. The van der Waals surface area contributed by atoms with Crippen molar-refractivity contribution in [3.8, 4) is 0 Å². The number of ether oxygens (including phenoxy) is 1. The molecule has 8 nitrogen and oxygen atoms in total. The number of nitrogens with one attached hydrogen (secondary N) is 3. The van der Waals surface area contributed by atoms with Gasteiger partial charge in [-0.1, -0.05) is 18.2 Å². The van der Waals surface area contributed by atoms with Crippen molar-refractivity contribution in [1.29, 1.82) is 0 Å². The number of methoxy groups -OCH3 is 1. The van der Waals surface area contributed by atoms with Gasteiger partial charge in [0.15, 0.2) is 0 Å². The second-order valence-corrected chi connectivity index (χ2v) is 6.82. The molecule has 0 radical (unpaired) electrons. The van der Waals surface area contributed by atoms with Crippen LogP contribution in [0.2, 0.25) is 0 Å². The number of hydrogen-bond acceptors (Lipinski definition) is 5. The van der Waals surface area contributed by atoms with Crippen molar-refractivity contribution in [3.05, 3.63) is 101 Å². The molecule has 0 aromatic heterocycles. The highest BCUT2D eigenvalue weighted by atomic mass is 16.5. The Morgan fingerprint density at radius 3 is 1.69 bits per heavy atom. The number of rotatable bonds is 5. The summed E-state index contributed by atoms with van der Waals surface area (Å²) in [5, 5.41) is 2.78. The van der Waals surface area contributed by atoms with Crippen LogP contribution in [0.5, 0.6) is 0 Å². The topological polar surface area (TPSA) is 114 Å². The highest BCUT2D eigenvalue weighted by molar-refractivity contribution is 6.05. The highest BCUT2D eigenvalue weighted by Gasteiger charge is 2.12. The third-order valence-electron chi connectivity index (χ3n) is 4.65. The lowest BCUT2D eigenvalue weighted by Crippen LogP contribution is -2.41. The predicted octanol–water partition coefficient (Wildman–Crippen LogP) is 3.11. The quantitative estimate of drug-likeness (QED) is 0.424. The van der Waals surface area contributed by atoms with Gasteiger partial charge in [-0.3, -0.25) is 25.2 Å². The van der Waals surface area contributed by atoms with E-state index in [1.165, 1.54) is 43.5 Å². The molecule has 8 heteroatoms. The number of hydrogen-bond donors (Lipinski definition) is 3. The fraction of sp³-hybridized carbons (Fsp3) is 0.0833. The van der Waals surface area contributed by atoms with Gasteiger partial charge in [0.2, 0.25) is 0 Å². The lowest BCUT2D eigenvalue weighted by Gasteiger charge is -2.10. The Balaban J connectivity index is 1.55. The molecule has 3 N–H and O–H groups in total. The van der Waals surface area contributed by atoms with Crippen molar-refractivity contribution in [3.63, 3.8) is 0 Å². The van der Waals surface area contributed by atoms with Crippen molar-refractivity contribution in [2.75, 3.05) is 12.4 Å². The van der Waals surface area contributed by atoms with Gasteiger partial charge in [0, 0.05) is 22.4 Å². The van der Waals surface area contributed by atoms with Gasteiger partial charge in [0.25, 0.3) is 17.7 Å². The summed E-state index contributed by atoms with van der Waals surface area (Å²) in [5.74, 6) is -1.83. The Labute approximate surface area is 184 Å². The average molecular weight is 431 g/mol. The van der Waals surface area contributed by atoms with Crippen LogP contribution < -0.4 is 16.2 Å². The number of amides is 3. The molecule has 0 heterocycles. The first-order chi connectivity index (χ1) is 15.4. The molecule has 162 valence electrons. The minimum Gasteiger partial charge on any atom is -0.465 e. The van der Waals surface area contributed by atoms with Crippen LogP contribution in [0.4, 0.5) is 5.69 Å². The third kappa shape index (κ3) is 5.37. The van der Waals surface area contributed by atoms with Gasteiger partial charge in [0.05, 0.1) is 12.7 Å². The van der Waals surface area contributed by atoms with Gasteiger partial charge in [-0.25, -0.2) is 4.79 Å². The molecule has 0 saturated heterocycles. The van der Waals surface area contributed by atoms with E-state index in [1.54, 1.807) is 24.3 Å². The summed E-state index contributed by atoms with van der Waals surface area (Å²) in [6.45, 7) is 1.85. The summed E-state index contributed by atoms with van der Waals surface area (Å²) in [5.41, 5.74) is 7.44. The zero-order valence-corrected chi connectivity index (χ0v) is 17.5. The van der Waals surface area contributed by atoms with E-state index in [9.17, 15) is 19.2 Å². The number of aryl methyl sites for hydroxylation is 1. The molecule has 3 aromatic carbocycles. The Kier molecular flexibility index (Phi) is 6.97. The first-order valence-electron chi connectivity index (χ1n) is 9.65. The summed E-state index contributed by atoms with van der Waals surface area (Å²) in [6, 6.07) is 19.3. The zero-order chi connectivity index (χ0) is 23.1. The smallest absolute Gasteiger partial charge is 0.337 e. The van der Waals surface area contributed by atoms with Crippen LogP contribution in [-0.2, 0) is 4.74 Å². The monoisotopic (exact) mass is 431 g/mol. The van der Waals surface area contributed by atoms with Gasteiger partial charge < -0.3 is 10.1 Å². The molecule has 0 saturated carbocycles. The summed E-state index contributed by atoms with van der Waals surface area (Å²) in [7, 11) is 1.27. The van der Waals surface area contributed by atoms with Crippen molar-refractivity contribution in [2.24, 2.45) is 0 Å². The van der Waals surface area contributed by atoms with E-state index in [4.69, 9.17) is 0 Å². The zero-order valence-electron chi connectivity index (χ0n) is 17.5. The van der Waals surface area contributed by atoms with E-state index >= 15 is 0 Å². The van der Waals surface area contributed by atoms with Crippen molar-refractivity contribution in [1.82, 2.24) is 10.9 Å². The van der Waals surface area contributed by atoms with Crippen LogP contribution in [0, 0.1) is 6.92 Å². The molecule has 3 rings (SSSR count). The molecule has 0 spiro atoms. The number of hydrazine groups is 1. The number of anilines is 1. The molecular formula is C24H21N3O5. The van der Waals surface area contributed by atoms with Gasteiger partial charge in [-0.05, 0) is 67.1 Å². The summed E-state index contributed by atoms with van der Waals surface area (Å²) >= 11 is 0. The largest absolute Gasteiger partial charge is 0.465 e. The van der Waals surface area contributed by atoms with Crippen LogP contribution in [0.3, 0.4) is 0 Å². The molecule has 0 fully saturated rings. The third-order valence-corrected chi connectivity index (χ3v) is 4.65. The van der Waals surface area contributed by atoms with Gasteiger partial charge in [-0.15, -0.1) is 0 Å². The fourth-order valence-electron chi connectivity index (χ4n) is 2.86. The van der Waals surface area contributed by atoms with E-state index in [0.29, 0.717) is 22.4 Å². The van der Waals surface area contributed by atoms with E-state index in [1.807, 2.05) is 19.1 Å². The number of carbonyl (C=O) groups is 4. The number of esters is 1. The SMILES string of the molecule is COC(=O)c1ccc(C(=O)NNC(=O)c2ccc(NC(=O)c3ccccc3C)cc2)cc1. The van der Waals surface area contributed by atoms with E-state index < -0.39 is 17.8 Å². The van der Waals surface area contributed by atoms with E-state index in [-0.39, 0.29) is 11.5 Å². The van der Waals surface area contributed by atoms with Crippen molar-refractivity contribution in [2.45, 2.75) is 6.92 Å². The number of carbonyl (C=O) groups excluding carboxylic acids is 4. The lowest BCUT2D eigenvalue weighted by molar-refractivity contribution is 0.0600. The molecular weight excluding hydrogens is 410 g/mol. The molecule has 3 aromatic rings. The first-order valence-corrected chi connectivity index (χ1v) is 9.65. The molecule has 0 unspecified atom stereocenters. The van der Waals surface area contributed by atoms with Crippen LogP contribution in [0.15, 0.2) is 72.8 Å². The molecule has 0 aliphatic heterocycles. The first kappa shape index (κ1) is 22.2. The van der Waals surface area contributed by atoms with Gasteiger partial charge >= 0.3 is 5.97 Å². The second kappa shape index (κ2) is 10.0. The van der Waals surface area contributed by atoms with Crippen LogP contribution >= 0.6 is 0 Å². The second-order valence-electron chi connectivity index (χ2n) is 6.82. The highest BCUT2D eigenvalue weighted by Crippen LogP contribution is 2.13. The average Bonchev–Trinajstić information content (AvgIpc) is 2.82. The van der Waals surface area contributed by atoms with E-state index in [0.717, 1.165) is 5.56 Å². The Morgan fingerprint density at radius 1 is 0.656 bits per heavy atom. The Morgan fingerprint density at radius 2 is 1.16 bits per heavy atom. The molecule has 0 atom stereocenters. The number of benzene rings is 3. The summed E-state index contributed by atoms with van der Waals surface area (Å²) in [4.78, 5) is 48.3.